The summed E-state index contributed by atoms with van der Waals surface area (Å²) in [6.07, 6.45) is 4.40. The third-order valence-electron chi connectivity index (χ3n) is 4.37. The van der Waals surface area contributed by atoms with E-state index < -0.39 is 11.6 Å². The molecule has 1 saturated heterocycles. The molecule has 0 spiro atoms. The molecule has 3 rings (SSSR count). The highest BCUT2D eigenvalue weighted by molar-refractivity contribution is 5.76. The van der Waals surface area contributed by atoms with E-state index in [4.69, 9.17) is 15.7 Å². The first-order valence-corrected chi connectivity index (χ1v) is 8.50. The van der Waals surface area contributed by atoms with Crippen LogP contribution in [0.15, 0.2) is 35.9 Å². The van der Waals surface area contributed by atoms with Crippen molar-refractivity contribution < 1.29 is 18.3 Å². The molecular weight excluding hydrogens is 356 g/mol. The molecule has 1 aromatic rings. The minimum Gasteiger partial charge on any atom is -0.454 e. The van der Waals surface area contributed by atoms with Gasteiger partial charge in [-0.2, -0.15) is 5.26 Å². The maximum Gasteiger partial charge on any atom is 0.322 e. The summed E-state index contributed by atoms with van der Waals surface area (Å²) < 4.78 is 32.8. The Morgan fingerprint density at radius 2 is 2.07 bits per heavy atom. The number of benzene rings is 1. The molecule has 0 atom stereocenters. The van der Waals surface area contributed by atoms with Crippen LogP contribution in [0.3, 0.4) is 0 Å². The Labute approximate surface area is 155 Å². The van der Waals surface area contributed by atoms with Gasteiger partial charge in [0.25, 0.3) is 0 Å². The second-order valence-electron chi connectivity index (χ2n) is 6.27. The molecule has 1 aromatic carbocycles. The largest absolute Gasteiger partial charge is 0.454 e. The maximum atomic E-state index is 13.9. The number of anilines is 1. The molecule has 142 valence electrons. The van der Waals surface area contributed by atoms with Gasteiger partial charge in [-0.25, -0.2) is 13.6 Å². The number of nitrogens with two attached hydrogens (primary N) is 1. The van der Waals surface area contributed by atoms with E-state index in [1.807, 2.05) is 0 Å². The number of carbonyl (C=O) groups is 1. The van der Waals surface area contributed by atoms with Crippen molar-refractivity contribution in [3.8, 4) is 11.8 Å². The van der Waals surface area contributed by atoms with Crippen LogP contribution in [0, 0.1) is 28.9 Å². The van der Waals surface area contributed by atoms with E-state index in [-0.39, 0.29) is 29.1 Å². The predicted molar refractivity (Wildman–Crippen MR) is 94.0 cm³/mol. The number of rotatable bonds is 3. The number of amides is 2. The van der Waals surface area contributed by atoms with Crippen molar-refractivity contribution in [1.82, 2.24) is 15.5 Å². The summed E-state index contributed by atoms with van der Waals surface area (Å²) in [6.45, 7) is 1.36. The van der Waals surface area contributed by atoms with Crippen LogP contribution in [-0.4, -0.2) is 30.6 Å². The van der Waals surface area contributed by atoms with E-state index in [0.717, 1.165) is 12.1 Å². The predicted octanol–water partition coefficient (Wildman–Crippen LogP) is 2.20. The van der Waals surface area contributed by atoms with Crippen molar-refractivity contribution in [2.45, 2.75) is 12.8 Å². The zero-order chi connectivity index (χ0) is 19.4. The number of hydrogen-bond acceptors (Lipinski definition) is 5. The highest BCUT2D eigenvalue weighted by atomic mass is 19.1. The number of halogens is 2. The molecule has 0 radical (unpaired) electrons. The number of carbonyl (C=O) groups excluding carboxylic acids is 1. The second-order valence-corrected chi connectivity index (χ2v) is 6.27. The fourth-order valence-electron chi connectivity index (χ4n) is 2.82. The number of ether oxygens (including phenoxy) is 1. The number of urea groups is 1. The molecule has 7 nitrogen and oxygen atoms in total. The Morgan fingerprint density at radius 3 is 2.78 bits per heavy atom. The summed E-state index contributed by atoms with van der Waals surface area (Å²) in [6, 6.07) is 3.64. The van der Waals surface area contributed by atoms with E-state index in [2.05, 4.69) is 16.7 Å². The molecule has 0 aromatic heterocycles. The van der Waals surface area contributed by atoms with Gasteiger partial charge in [0, 0.05) is 43.8 Å². The molecule has 2 aliphatic heterocycles. The molecule has 2 heterocycles. The molecule has 27 heavy (non-hydrogen) atoms. The minimum atomic E-state index is -0.785. The lowest BCUT2D eigenvalue weighted by atomic mass is 9.99. The van der Waals surface area contributed by atoms with Crippen LogP contribution in [-0.2, 0) is 0 Å². The molecule has 0 unspecified atom stereocenters. The van der Waals surface area contributed by atoms with Crippen LogP contribution in [0.25, 0.3) is 0 Å². The standard InChI is InChI=1S/C18H19F2N5O2/c19-13-9-16(14(20)8-15(13)22)27-12-1-4-23-17(7-12)24-18(26)25-5-2-11(10-21)3-6-25/h1,7-9,11,23H,2-6,22H2,(H,24,26). The average Bonchev–Trinajstić information content (AvgIpc) is 2.66. The van der Waals surface area contributed by atoms with Gasteiger partial charge < -0.3 is 20.7 Å². The topological polar surface area (TPSA) is 103 Å². The Morgan fingerprint density at radius 1 is 1.33 bits per heavy atom. The summed E-state index contributed by atoms with van der Waals surface area (Å²) >= 11 is 0. The van der Waals surface area contributed by atoms with Crippen LogP contribution in [0.1, 0.15) is 12.8 Å². The van der Waals surface area contributed by atoms with E-state index in [0.29, 0.717) is 38.3 Å². The molecule has 0 bridgehead atoms. The van der Waals surface area contributed by atoms with Gasteiger partial charge in [0.15, 0.2) is 11.6 Å². The summed E-state index contributed by atoms with van der Waals surface area (Å²) in [5, 5.41) is 14.6. The number of allylic oxidation sites excluding steroid dienone is 1. The fraction of sp³-hybridized carbons (Fsp3) is 0.333. The molecular formula is C18H19F2N5O2. The number of likely N-dealkylation sites (tertiary alicyclic amines) is 1. The number of nitrogens with zero attached hydrogens (tertiary/aromatic N) is 2. The Hall–Kier alpha value is -3.28. The normalized spacial score (nSPS) is 17.3. The van der Waals surface area contributed by atoms with Crippen LogP contribution in [0.2, 0.25) is 0 Å². The molecule has 0 saturated carbocycles. The lowest BCUT2D eigenvalue weighted by Crippen LogP contribution is -2.46. The second kappa shape index (κ2) is 7.95. The van der Waals surface area contributed by atoms with Gasteiger partial charge in [0.2, 0.25) is 0 Å². The lowest BCUT2D eigenvalue weighted by molar-refractivity contribution is 0.181. The Bertz CT molecular complexity index is 839. The monoisotopic (exact) mass is 375 g/mol. The number of nitrogen functional groups attached to an aromatic ring is 1. The van der Waals surface area contributed by atoms with Crippen molar-refractivity contribution in [2.75, 3.05) is 25.4 Å². The van der Waals surface area contributed by atoms with Crippen molar-refractivity contribution in [1.29, 1.82) is 5.26 Å². The Kier molecular flexibility index (Phi) is 5.45. The van der Waals surface area contributed by atoms with Gasteiger partial charge in [-0.15, -0.1) is 0 Å². The van der Waals surface area contributed by atoms with Crippen molar-refractivity contribution in [2.24, 2.45) is 5.92 Å². The summed E-state index contributed by atoms with van der Waals surface area (Å²) in [5.74, 6) is -1.23. The minimum absolute atomic E-state index is 0.0146. The van der Waals surface area contributed by atoms with E-state index in [1.165, 1.54) is 6.08 Å². The van der Waals surface area contributed by atoms with Crippen molar-refractivity contribution >= 4 is 11.7 Å². The number of dihydropyridines is 1. The molecule has 9 heteroatoms. The quantitative estimate of drug-likeness (QED) is 0.703. The van der Waals surface area contributed by atoms with Gasteiger partial charge in [0.1, 0.15) is 17.4 Å². The van der Waals surface area contributed by atoms with Crippen LogP contribution in [0.4, 0.5) is 19.3 Å². The van der Waals surface area contributed by atoms with Crippen LogP contribution in [0.5, 0.6) is 5.75 Å². The van der Waals surface area contributed by atoms with Gasteiger partial charge in [-0.05, 0) is 18.9 Å². The third kappa shape index (κ3) is 4.47. The number of hydrogen-bond donors (Lipinski definition) is 3. The maximum absolute atomic E-state index is 13.9. The van der Waals surface area contributed by atoms with E-state index in [1.54, 1.807) is 11.0 Å². The highest BCUT2D eigenvalue weighted by Crippen LogP contribution is 2.25. The van der Waals surface area contributed by atoms with Gasteiger partial charge >= 0.3 is 6.03 Å². The number of nitriles is 1. The average molecular weight is 375 g/mol. The molecule has 2 aliphatic rings. The molecule has 1 fully saturated rings. The zero-order valence-electron chi connectivity index (χ0n) is 14.5. The SMILES string of the molecule is N#CC1CCN(C(=O)NC2=CC(Oc3cc(F)c(N)cc3F)=CCN2)CC1. The zero-order valence-corrected chi connectivity index (χ0v) is 14.5. The van der Waals surface area contributed by atoms with E-state index >= 15 is 0 Å². The summed E-state index contributed by atoms with van der Waals surface area (Å²) in [7, 11) is 0. The highest BCUT2D eigenvalue weighted by Gasteiger charge is 2.23. The van der Waals surface area contributed by atoms with Gasteiger partial charge in [0.05, 0.1) is 11.8 Å². The number of nitrogens with one attached hydrogen (secondary N) is 2. The summed E-state index contributed by atoms with van der Waals surface area (Å²) in [5.41, 5.74) is 5.01. The third-order valence-corrected chi connectivity index (χ3v) is 4.37. The molecule has 2 amide bonds. The smallest absolute Gasteiger partial charge is 0.322 e. The van der Waals surface area contributed by atoms with E-state index in [9.17, 15) is 13.6 Å². The van der Waals surface area contributed by atoms with Crippen LogP contribution < -0.4 is 21.1 Å². The van der Waals surface area contributed by atoms with Crippen LogP contribution >= 0.6 is 0 Å². The fourth-order valence-corrected chi connectivity index (χ4v) is 2.82. The van der Waals surface area contributed by atoms with Crippen molar-refractivity contribution in [3.05, 3.63) is 47.5 Å². The first-order chi connectivity index (χ1) is 13.0. The first-order valence-electron chi connectivity index (χ1n) is 8.50. The molecule has 0 aliphatic carbocycles. The van der Waals surface area contributed by atoms with Crippen molar-refractivity contribution in [3.63, 3.8) is 0 Å². The van der Waals surface area contributed by atoms with Gasteiger partial charge in [-0.3, -0.25) is 5.32 Å². The van der Waals surface area contributed by atoms with Gasteiger partial charge in [-0.1, -0.05) is 0 Å². The first kappa shape index (κ1) is 18.5. The number of piperidine rings is 1. The summed E-state index contributed by atoms with van der Waals surface area (Å²) in [4.78, 5) is 14.0. The Balaban J connectivity index is 1.62. The molecule has 4 N–H and O–H groups in total. The lowest BCUT2D eigenvalue weighted by Gasteiger charge is -2.30.